The smallest absolute Gasteiger partial charge is 0.352 e. The van der Waals surface area contributed by atoms with Crippen LogP contribution in [0.5, 0.6) is 0 Å². The van der Waals surface area contributed by atoms with E-state index in [0.29, 0.717) is 16.9 Å². The predicted molar refractivity (Wildman–Crippen MR) is 167 cm³/mol. The molecule has 1 heterocycles. The molecule has 0 unspecified atom stereocenters. The van der Waals surface area contributed by atoms with Gasteiger partial charge in [-0.1, -0.05) is 24.8 Å². The van der Waals surface area contributed by atoms with Gasteiger partial charge in [0.25, 0.3) is 11.8 Å². The number of hydrogen-bond acceptors (Lipinski definition) is 7. The molecule has 4 rings (SSSR count). The fourth-order valence-electron chi connectivity index (χ4n) is 4.04. The summed E-state index contributed by atoms with van der Waals surface area (Å²) in [5.74, 6) is -1.74. The van der Waals surface area contributed by atoms with E-state index in [1.165, 1.54) is 30.6 Å². The first-order chi connectivity index (χ1) is 21.9. The van der Waals surface area contributed by atoms with Crippen molar-refractivity contribution in [2.24, 2.45) is 0 Å². The summed E-state index contributed by atoms with van der Waals surface area (Å²) in [6.45, 7) is 5.20. The molecule has 4 aromatic rings. The largest absolute Gasteiger partial charge is 0.416 e. The van der Waals surface area contributed by atoms with Crippen LogP contribution >= 0.6 is 0 Å². The number of carbonyl (C=O) groups excluding carboxylic acids is 4. The highest BCUT2D eigenvalue weighted by molar-refractivity contribution is 6.08. The standard InChI is InChI=1S/C32H28F3N7O4/c1-3-27(43)36-13-12-28(44)39-22-8-5-9-23(15-22)42-31-37-17-25(18-38-31)41-30(46)26-16-24(11-10-19(26)2)40-29(45)20-6-4-7-21(14-20)32(33,34)35/h3-11,14-18H,1,12-13H2,2H3,(H,36,43)(H,39,44)(H,40,45)(H,41,46)(H,37,38,42). The second kappa shape index (κ2) is 14.6. The third-order valence-corrected chi connectivity index (χ3v) is 6.34. The Morgan fingerprint density at radius 1 is 0.804 bits per heavy atom. The normalized spacial score (nSPS) is 10.8. The number of nitrogens with zero attached hydrogens (tertiary/aromatic N) is 2. The lowest BCUT2D eigenvalue weighted by molar-refractivity contribution is -0.137. The van der Waals surface area contributed by atoms with E-state index in [0.717, 1.165) is 24.3 Å². The Morgan fingerprint density at radius 3 is 2.20 bits per heavy atom. The molecule has 5 N–H and O–H groups in total. The molecule has 1 aromatic heterocycles. The minimum atomic E-state index is -4.60. The molecule has 236 valence electrons. The monoisotopic (exact) mass is 631 g/mol. The molecule has 0 aliphatic heterocycles. The lowest BCUT2D eigenvalue weighted by atomic mass is 10.1. The van der Waals surface area contributed by atoms with Crippen LogP contribution in [0, 0.1) is 6.92 Å². The van der Waals surface area contributed by atoms with E-state index in [1.807, 2.05) is 0 Å². The van der Waals surface area contributed by atoms with Crippen molar-refractivity contribution in [2.75, 3.05) is 27.8 Å². The summed E-state index contributed by atoms with van der Waals surface area (Å²) in [5.41, 5.74) is 1.24. The maximum absolute atomic E-state index is 13.0. The number of amides is 4. The van der Waals surface area contributed by atoms with Crippen LogP contribution in [0.15, 0.2) is 91.8 Å². The zero-order valence-corrected chi connectivity index (χ0v) is 24.4. The molecule has 0 aliphatic carbocycles. The van der Waals surface area contributed by atoms with Crippen LogP contribution in [0.3, 0.4) is 0 Å². The van der Waals surface area contributed by atoms with E-state index in [2.05, 4.69) is 43.1 Å². The van der Waals surface area contributed by atoms with Gasteiger partial charge in [-0.15, -0.1) is 0 Å². The first-order valence-electron chi connectivity index (χ1n) is 13.7. The summed E-state index contributed by atoms with van der Waals surface area (Å²) < 4.78 is 39.1. The number of anilines is 5. The molecule has 0 saturated heterocycles. The molecule has 0 atom stereocenters. The van der Waals surface area contributed by atoms with Crippen LogP contribution in [-0.2, 0) is 15.8 Å². The zero-order valence-electron chi connectivity index (χ0n) is 24.4. The summed E-state index contributed by atoms with van der Waals surface area (Å²) in [5, 5.41) is 13.5. The first kappa shape index (κ1) is 32.9. The van der Waals surface area contributed by atoms with E-state index < -0.39 is 23.6 Å². The van der Waals surface area contributed by atoms with E-state index in [1.54, 1.807) is 37.3 Å². The zero-order chi connectivity index (χ0) is 33.3. The van der Waals surface area contributed by atoms with Crippen LogP contribution in [0.2, 0.25) is 0 Å². The van der Waals surface area contributed by atoms with Crippen molar-refractivity contribution in [3.8, 4) is 0 Å². The Bertz CT molecular complexity index is 1780. The van der Waals surface area contributed by atoms with Gasteiger partial charge in [0.05, 0.1) is 23.6 Å². The van der Waals surface area contributed by atoms with Crippen molar-refractivity contribution in [1.82, 2.24) is 15.3 Å². The van der Waals surface area contributed by atoms with Gasteiger partial charge in [-0.3, -0.25) is 19.2 Å². The summed E-state index contributed by atoms with van der Waals surface area (Å²) >= 11 is 0. The maximum Gasteiger partial charge on any atom is 0.416 e. The molecule has 4 amide bonds. The Kier molecular flexibility index (Phi) is 10.4. The molecule has 11 nitrogen and oxygen atoms in total. The van der Waals surface area contributed by atoms with Crippen LogP contribution in [0.4, 0.5) is 41.9 Å². The number of hydrogen-bond donors (Lipinski definition) is 5. The van der Waals surface area contributed by atoms with E-state index >= 15 is 0 Å². The van der Waals surface area contributed by atoms with E-state index in [4.69, 9.17) is 0 Å². The fraction of sp³-hybridized carbons (Fsp3) is 0.125. The average Bonchev–Trinajstić information content (AvgIpc) is 3.02. The lowest BCUT2D eigenvalue weighted by Gasteiger charge is -2.12. The lowest BCUT2D eigenvalue weighted by Crippen LogP contribution is -2.25. The SMILES string of the molecule is C=CC(=O)NCCC(=O)Nc1cccc(Nc2ncc(NC(=O)c3cc(NC(=O)c4cccc(C(F)(F)F)c4)ccc3C)cn2)c1. The molecule has 0 spiro atoms. The van der Waals surface area contributed by atoms with Crippen molar-refractivity contribution >= 4 is 52.3 Å². The van der Waals surface area contributed by atoms with Crippen molar-refractivity contribution in [2.45, 2.75) is 19.5 Å². The number of nitrogens with one attached hydrogen (secondary N) is 5. The average molecular weight is 632 g/mol. The second-order valence-corrected chi connectivity index (χ2v) is 9.81. The summed E-state index contributed by atoms with van der Waals surface area (Å²) in [4.78, 5) is 57.4. The highest BCUT2D eigenvalue weighted by Crippen LogP contribution is 2.30. The molecule has 14 heteroatoms. The van der Waals surface area contributed by atoms with Gasteiger partial charge in [-0.05, 0) is 67.1 Å². The third kappa shape index (κ3) is 9.22. The van der Waals surface area contributed by atoms with Gasteiger partial charge in [0.2, 0.25) is 17.8 Å². The predicted octanol–water partition coefficient (Wildman–Crippen LogP) is 5.68. The van der Waals surface area contributed by atoms with Gasteiger partial charge in [0.15, 0.2) is 0 Å². The summed E-state index contributed by atoms with van der Waals surface area (Å²) in [7, 11) is 0. The van der Waals surface area contributed by atoms with E-state index in [-0.39, 0.29) is 53.2 Å². The molecular weight excluding hydrogens is 603 g/mol. The van der Waals surface area contributed by atoms with Gasteiger partial charge in [-0.25, -0.2) is 9.97 Å². The summed E-state index contributed by atoms with van der Waals surface area (Å²) in [6.07, 6.45) is -0.639. The Hall–Kier alpha value is -6.05. The molecule has 0 radical (unpaired) electrons. The van der Waals surface area contributed by atoms with Gasteiger partial charge in [0.1, 0.15) is 0 Å². The molecule has 3 aromatic carbocycles. The number of alkyl halides is 3. The van der Waals surface area contributed by atoms with Gasteiger partial charge >= 0.3 is 6.18 Å². The molecule has 0 bridgehead atoms. The highest BCUT2D eigenvalue weighted by Gasteiger charge is 2.31. The van der Waals surface area contributed by atoms with Crippen molar-refractivity contribution in [3.63, 3.8) is 0 Å². The van der Waals surface area contributed by atoms with Gasteiger partial charge < -0.3 is 26.6 Å². The van der Waals surface area contributed by atoms with Crippen LogP contribution in [-0.4, -0.2) is 40.1 Å². The highest BCUT2D eigenvalue weighted by atomic mass is 19.4. The minimum Gasteiger partial charge on any atom is -0.352 e. The number of carbonyl (C=O) groups is 4. The second-order valence-electron chi connectivity index (χ2n) is 9.81. The number of benzene rings is 3. The number of halogens is 3. The molecule has 0 saturated carbocycles. The fourth-order valence-corrected chi connectivity index (χ4v) is 4.04. The Morgan fingerprint density at radius 2 is 1.48 bits per heavy atom. The maximum atomic E-state index is 13.0. The quantitative estimate of drug-likeness (QED) is 0.133. The molecule has 0 fully saturated rings. The minimum absolute atomic E-state index is 0.0752. The Labute approximate surface area is 261 Å². The summed E-state index contributed by atoms with van der Waals surface area (Å²) in [6, 6.07) is 15.4. The number of rotatable bonds is 11. The third-order valence-electron chi connectivity index (χ3n) is 6.34. The van der Waals surface area contributed by atoms with E-state index in [9.17, 15) is 32.3 Å². The van der Waals surface area contributed by atoms with Crippen molar-refractivity contribution in [3.05, 3.63) is 114 Å². The van der Waals surface area contributed by atoms with Crippen molar-refractivity contribution < 1.29 is 32.3 Å². The van der Waals surface area contributed by atoms with Crippen LogP contribution < -0.4 is 26.6 Å². The van der Waals surface area contributed by atoms with Crippen LogP contribution in [0.1, 0.15) is 38.3 Å². The molecule has 46 heavy (non-hydrogen) atoms. The topological polar surface area (TPSA) is 154 Å². The molecular formula is C32H28F3N7O4. The molecule has 0 aliphatic rings. The Balaban J connectivity index is 1.35. The van der Waals surface area contributed by atoms with Crippen LogP contribution in [0.25, 0.3) is 0 Å². The number of aromatic nitrogens is 2. The number of aryl methyl sites for hydroxylation is 1. The first-order valence-corrected chi connectivity index (χ1v) is 13.7. The van der Waals surface area contributed by atoms with Gasteiger partial charge in [0, 0.05) is 41.2 Å². The van der Waals surface area contributed by atoms with Crippen molar-refractivity contribution in [1.29, 1.82) is 0 Å². The van der Waals surface area contributed by atoms with Gasteiger partial charge in [-0.2, -0.15) is 13.2 Å².